The van der Waals surface area contributed by atoms with E-state index in [1.807, 2.05) is 6.07 Å². The number of unbranched alkanes of at least 4 members (excludes halogenated alkanes) is 3. The summed E-state index contributed by atoms with van der Waals surface area (Å²) in [6, 6.07) is 15.7. The summed E-state index contributed by atoms with van der Waals surface area (Å²) in [5.41, 5.74) is 2.44. The Labute approximate surface area is 196 Å². The lowest BCUT2D eigenvalue weighted by Crippen LogP contribution is -2.21. The predicted octanol–water partition coefficient (Wildman–Crippen LogP) is 5.34. The monoisotopic (exact) mass is 530 g/mol. The van der Waals surface area contributed by atoms with Crippen molar-refractivity contribution in [3.8, 4) is 11.5 Å². The van der Waals surface area contributed by atoms with Crippen molar-refractivity contribution >= 4 is 34.0 Å². The van der Waals surface area contributed by atoms with Gasteiger partial charge >= 0.3 is 0 Å². The van der Waals surface area contributed by atoms with E-state index in [9.17, 15) is 10.2 Å². The van der Waals surface area contributed by atoms with Gasteiger partial charge in [-0.3, -0.25) is 0 Å². The van der Waals surface area contributed by atoms with E-state index in [1.54, 1.807) is 12.1 Å². The van der Waals surface area contributed by atoms with Crippen molar-refractivity contribution in [3.05, 3.63) is 59.7 Å². The van der Waals surface area contributed by atoms with Gasteiger partial charge in [-0.2, -0.15) is 0 Å². The van der Waals surface area contributed by atoms with Crippen molar-refractivity contribution in [3.63, 3.8) is 0 Å². The first kappa shape index (κ1) is 27.9. The van der Waals surface area contributed by atoms with E-state index in [-0.39, 0.29) is 45.5 Å². The van der Waals surface area contributed by atoms with Gasteiger partial charge in [0, 0.05) is 6.54 Å². The van der Waals surface area contributed by atoms with E-state index in [1.165, 1.54) is 31.2 Å². The Balaban J connectivity index is 0.00000392. The van der Waals surface area contributed by atoms with E-state index < -0.39 is 0 Å². The van der Waals surface area contributed by atoms with Gasteiger partial charge in [0.05, 0.1) is 0 Å². The highest BCUT2D eigenvalue weighted by molar-refractivity contribution is 8.93. The largest absolute Gasteiger partial charge is 0.504 e. The molecule has 164 valence electrons. The molecule has 0 aliphatic rings. The van der Waals surface area contributed by atoms with Gasteiger partial charge in [-0.05, 0) is 68.1 Å². The lowest BCUT2D eigenvalue weighted by Gasteiger charge is -2.13. The quantitative estimate of drug-likeness (QED) is 0.208. The minimum absolute atomic E-state index is 0. The van der Waals surface area contributed by atoms with Crippen LogP contribution in [-0.4, -0.2) is 36.4 Å². The molecule has 0 saturated carbocycles. The second-order valence-corrected chi connectivity index (χ2v) is 7.25. The molecule has 2 aromatic carbocycles. The number of benzene rings is 2. The number of phenolic OH excluding ortho intramolecular Hbond substituents is 2. The SMILES string of the molecule is Br.Br.CC(CNCCCCCCNCCc1ccc(O)c(O)c1)c1ccccc1. The maximum Gasteiger partial charge on any atom is 0.157 e. The lowest BCUT2D eigenvalue weighted by atomic mass is 10.0. The van der Waals surface area contributed by atoms with Crippen LogP contribution in [0.3, 0.4) is 0 Å². The first-order valence-corrected chi connectivity index (χ1v) is 10.1. The summed E-state index contributed by atoms with van der Waals surface area (Å²) < 4.78 is 0. The minimum atomic E-state index is -0.0595. The fourth-order valence-corrected chi connectivity index (χ4v) is 3.15. The lowest BCUT2D eigenvalue weighted by molar-refractivity contribution is 0.403. The Morgan fingerprint density at radius 1 is 0.759 bits per heavy atom. The highest BCUT2D eigenvalue weighted by atomic mass is 79.9. The summed E-state index contributed by atoms with van der Waals surface area (Å²) in [6.07, 6.45) is 5.80. The third-order valence-corrected chi connectivity index (χ3v) is 4.91. The molecule has 0 spiro atoms. The Morgan fingerprint density at radius 2 is 1.41 bits per heavy atom. The van der Waals surface area contributed by atoms with Gasteiger partial charge in [-0.25, -0.2) is 0 Å². The van der Waals surface area contributed by atoms with E-state index in [2.05, 4.69) is 47.9 Å². The van der Waals surface area contributed by atoms with Gasteiger partial charge in [-0.1, -0.05) is 56.2 Å². The van der Waals surface area contributed by atoms with Crippen LogP contribution >= 0.6 is 34.0 Å². The average Bonchev–Trinajstić information content (AvgIpc) is 2.69. The molecular weight excluding hydrogens is 496 g/mol. The number of aromatic hydroxyl groups is 2. The smallest absolute Gasteiger partial charge is 0.157 e. The zero-order valence-corrected chi connectivity index (χ0v) is 20.7. The summed E-state index contributed by atoms with van der Waals surface area (Å²) in [6.45, 7) is 6.33. The molecular formula is C23H36Br2N2O2. The second-order valence-electron chi connectivity index (χ2n) is 7.25. The van der Waals surface area contributed by atoms with E-state index in [0.717, 1.165) is 38.2 Å². The Hall–Kier alpha value is -1.08. The molecule has 4 N–H and O–H groups in total. The van der Waals surface area contributed by atoms with Crippen molar-refractivity contribution in [2.45, 2.75) is 44.9 Å². The molecule has 0 radical (unpaired) electrons. The summed E-state index contributed by atoms with van der Waals surface area (Å²) >= 11 is 0. The molecule has 6 heteroatoms. The van der Waals surface area contributed by atoms with E-state index in [4.69, 9.17) is 0 Å². The molecule has 0 saturated heterocycles. The van der Waals surface area contributed by atoms with Gasteiger partial charge in [0.25, 0.3) is 0 Å². The third-order valence-electron chi connectivity index (χ3n) is 4.91. The van der Waals surface area contributed by atoms with Gasteiger partial charge in [0.1, 0.15) is 0 Å². The fraction of sp³-hybridized carbons (Fsp3) is 0.478. The molecule has 0 fully saturated rings. The van der Waals surface area contributed by atoms with Crippen molar-refractivity contribution in [2.24, 2.45) is 0 Å². The Kier molecular flexibility index (Phi) is 16.1. The van der Waals surface area contributed by atoms with Gasteiger partial charge in [-0.15, -0.1) is 34.0 Å². The van der Waals surface area contributed by atoms with E-state index >= 15 is 0 Å². The van der Waals surface area contributed by atoms with Crippen LogP contribution in [0.4, 0.5) is 0 Å². The van der Waals surface area contributed by atoms with Crippen LogP contribution in [0.15, 0.2) is 48.5 Å². The standard InChI is InChI=1S/C23H34N2O2.2BrH/c1-19(21-9-5-4-6-10-21)18-25-15-8-3-2-7-14-24-16-13-20-11-12-22(26)23(27)17-20;;/h4-6,9-12,17,19,24-27H,2-3,7-8,13-16,18H2,1H3;2*1H. The van der Waals surface area contributed by atoms with Crippen molar-refractivity contribution < 1.29 is 10.2 Å². The molecule has 0 heterocycles. The number of rotatable bonds is 13. The molecule has 0 aliphatic heterocycles. The fourth-order valence-electron chi connectivity index (χ4n) is 3.15. The van der Waals surface area contributed by atoms with Crippen molar-refractivity contribution in [1.82, 2.24) is 10.6 Å². The average molecular weight is 532 g/mol. The van der Waals surface area contributed by atoms with Gasteiger partial charge in [0.2, 0.25) is 0 Å². The Bertz CT molecular complexity index is 657. The highest BCUT2D eigenvalue weighted by Crippen LogP contribution is 2.24. The predicted molar refractivity (Wildman–Crippen MR) is 133 cm³/mol. The van der Waals surface area contributed by atoms with Crippen LogP contribution in [-0.2, 0) is 6.42 Å². The van der Waals surface area contributed by atoms with Crippen LogP contribution in [0.5, 0.6) is 11.5 Å². The summed E-state index contributed by atoms with van der Waals surface area (Å²) in [4.78, 5) is 0. The first-order valence-electron chi connectivity index (χ1n) is 10.1. The summed E-state index contributed by atoms with van der Waals surface area (Å²) in [7, 11) is 0. The molecule has 2 aromatic rings. The maximum absolute atomic E-state index is 9.47. The molecule has 1 unspecified atom stereocenters. The van der Waals surface area contributed by atoms with Gasteiger partial charge < -0.3 is 20.8 Å². The number of hydrogen-bond acceptors (Lipinski definition) is 4. The third kappa shape index (κ3) is 11.6. The van der Waals surface area contributed by atoms with Gasteiger partial charge in [0.15, 0.2) is 11.5 Å². The van der Waals surface area contributed by atoms with Crippen molar-refractivity contribution in [2.75, 3.05) is 26.2 Å². The molecule has 29 heavy (non-hydrogen) atoms. The second kappa shape index (κ2) is 16.7. The molecule has 1 atom stereocenters. The normalized spacial score (nSPS) is 11.3. The molecule has 0 aliphatic carbocycles. The zero-order chi connectivity index (χ0) is 19.3. The van der Waals surface area contributed by atoms with Crippen LogP contribution in [0.1, 0.15) is 49.7 Å². The summed E-state index contributed by atoms with van der Waals surface area (Å²) in [5, 5.41) is 25.8. The minimum Gasteiger partial charge on any atom is -0.504 e. The van der Waals surface area contributed by atoms with Crippen LogP contribution < -0.4 is 10.6 Å². The van der Waals surface area contributed by atoms with Crippen molar-refractivity contribution in [1.29, 1.82) is 0 Å². The number of hydrogen-bond donors (Lipinski definition) is 4. The molecule has 2 rings (SSSR count). The van der Waals surface area contributed by atoms with Crippen LogP contribution in [0.2, 0.25) is 0 Å². The van der Waals surface area contributed by atoms with Crippen LogP contribution in [0, 0.1) is 0 Å². The molecule has 0 bridgehead atoms. The molecule has 0 amide bonds. The highest BCUT2D eigenvalue weighted by Gasteiger charge is 2.03. The Morgan fingerprint density at radius 3 is 2.07 bits per heavy atom. The topological polar surface area (TPSA) is 64.5 Å². The number of nitrogens with one attached hydrogen (secondary N) is 2. The molecule has 4 nitrogen and oxygen atoms in total. The number of halogens is 2. The molecule has 0 aromatic heterocycles. The zero-order valence-electron chi connectivity index (χ0n) is 17.3. The maximum atomic E-state index is 9.47. The first-order chi connectivity index (χ1) is 13.2. The van der Waals surface area contributed by atoms with Crippen LogP contribution in [0.25, 0.3) is 0 Å². The summed E-state index contributed by atoms with van der Waals surface area (Å²) in [5.74, 6) is 0.459. The number of phenols is 2. The van der Waals surface area contributed by atoms with E-state index in [0.29, 0.717) is 5.92 Å².